The third-order valence-electron chi connectivity index (χ3n) is 13.4. The van der Waals surface area contributed by atoms with Gasteiger partial charge in [-0.15, -0.1) is 0 Å². The molecule has 3 nitrogen and oxygen atoms in total. The summed E-state index contributed by atoms with van der Waals surface area (Å²) in [7, 11) is 0. The van der Waals surface area contributed by atoms with Gasteiger partial charge in [0.25, 0.3) is 0 Å². The van der Waals surface area contributed by atoms with Gasteiger partial charge in [0.05, 0.1) is 38.8 Å². The quantitative estimate of drug-likeness (QED) is 0.169. The fourth-order valence-corrected chi connectivity index (χ4v) is 10.7. The summed E-state index contributed by atoms with van der Waals surface area (Å²) in [6.45, 7) is 4.75. The molecule has 0 saturated heterocycles. The van der Waals surface area contributed by atoms with Gasteiger partial charge in [-0.1, -0.05) is 135 Å². The molecule has 0 N–H and O–H groups in total. The van der Waals surface area contributed by atoms with E-state index in [1.165, 1.54) is 98.8 Å². The fourth-order valence-electron chi connectivity index (χ4n) is 10.7. The van der Waals surface area contributed by atoms with Gasteiger partial charge >= 0.3 is 0 Å². The SMILES string of the molecule is CC1(C)c2ccccc2-c2cc3c4cc(-c5ccc6c(c5)c5ccccc5n6-c5ccccc5)c(-n5c6ccccc6c6ccccc65)cc4n(-c4ccccc4)c3cc21. The normalized spacial score (nSPS) is 13.3. The summed E-state index contributed by atoms with van der Waals surface area (Å²) in [6.07, 6.45) is 0. The second kappa shape index (κ2) is 12.2. The number of benzene rings is 9. The number of hydrogen-bond acceptors (Lipinski definition) is 0. The molecule has 0 unspecified atom stereocenters. The average molecular weight is 766 g/mol. The third-order valence-corrected chi connectivity index (χ3v) is 13.4. The number of fused-ring (bicyclic) bond motifs is 12. The van der Waals surface area contributed by atoms with Crippen LogP contribution >= 0.6 is 0 Å². The fraction of sp³-hybridized carbons (Fsp3) is 0.0526. The summed E-state index contributed by atoms with van der Waals surface area (Å²) in [5.41, 5.74) is 18.4. The van der Waals surface area contributed by atoms with Crippen LogP contribution in [-0.4, -0.2) is 13.7 Å². The van der Waals surface area contributed by atoms with E-state index in [0.29, 0.717) is 0 Å². The molecular weight excluding hydrogens is 727 g/mol. The zero-order valence-corrected chi connectivity index (χ0v) is 33.4. The highest BCUT2D eigenvalue weighted by atomic mass is 15.0. The second-order valence-corrected chi connectivity index (χ2v) is 16.9. The molecule has 0 fully saturated rings. The second-order valence-electron chi connectivity index (χ2n) is 16.9. The average Bonchev–Trinajstić information content (AvgIpc) is 3.99. The van der Waals surface area contributed by atoms with Crippen molar-refractivity contribution in [1.29, 1.82) is 0 Å². The first-order chi connectivity index (χ1) is 29.5. The lowest BCUT2D eigenvalue weighted by molar-refractivity contribution is 0.661. The molecule has 9 aromatic carbocycles. The van der Waals surface area contributed by atoms with Crippen molar-refractivity contribution < 1.29 is 0 Å². The van der Waals surface area contributed by atoms with Crippen LogP contribution in [0.25, 0.3) is 105 Å². The van der Waals surface area contributed by atoms with E-state index in [4.69, 9.17) is 0 Å². The van der Waals surface area contributed by atoms with E-state index in [0.717, 1.165) is 17.1 Å². The van der Waals surface area contributed by atoms with E-state index in [1.807, 2.05) is 0 Å². The van der Waals surface area contributed by atoms with Crippen molar-refractivity contribution in [2.45, 2.75) is 19.3 Å². The predicted octanol–water partition coefficient (Wildman–Crippen LogP) is 15.0. The van der Waals surface area contributed by atoms with Crippen LogP contribution in [0.2, 0.25) is 0 Å². The van der Waals surface area contributed by atoms with Crippen molar-refractivity contribution in [2.24, 2.45) is 0 Å². The first-order valence-electron chi connectivity index (χ1n) is 20.9. The lowest BCUT2D eigenvalue weighted by atomic mass is 9.82. The standard InChI is InChI=1S/C57H39N3/c1-57(2)48-25-13-9-21-39(48)44-33-47-46-32-43(36-29-30-53-45(31-36)42-24-12-14-26-50(42)58(53)37-17-5-3-6-18-37)55(60-51-27-15-10-22-40(51)41-23-11-16-28-52(41)60)35-56(46)59(54(47)34-49(44)57)38-19-7-4-8-20-38/h3-35H,1-2H3. The Hall–Kier alpha value is -7.62. The van der Waals surface area contributed by atoms with Crippen LogP contribution in [-0.2, 0) is 5.41 Å². The van der Waals surface area contributed by atoms with Gasteiger partial charge < -0.3 is 13.7 Å². The van der Waals surface area contributed by atoms with Gasteiger partial charge in [0.15, 0.2) is 0 Å². The summed E-state index contributed by atoms with van der Waals surface area (Å²) < 4.78 is 7.41. The van der Waals surface area contributed by atoms with E-state index in [9.17, 15) is 0 Å². The Morgan fingerprint density at radius 2 is 0.767 bits per heavy atom. The molecule has 3 heteroatoms. The van der Waals surface area contributed by atoms with Crippen molar-refractivity contribution in [3.63, 3.8) is 0 Å². The maximum absolute atomic E-state index is 2.50. The molecule has 0 amide bonds. The number of nitrogens with zero attached hydrogens (tertiary/aromatic N) is 3. The Morgan fingerprint density at radius 1 is 0.300 bits per heavy atom. The number of para-hydroxylation sites is 5. The highest BCUT2D eigenvalue weighted by molar-refractivity contribution is 6.16. The van der Waals surface area contributed by atoms with Gasteiger partial charge in [-0.2, -0.15) is 0 Å². The molecule has 13 rings (SSSR count). The number of rotatable bonds is 4. The van der Waals surface area contributed by atoms with Crippen molar-refractivity contribution in [3.05, 3.63) is 211 Å². The van der Waals surface area contributed by atoms with E-state index in [1.54, 1.807) is 0 Å². The third kappa shape index (κ3) is 4.49. The Balaban J connectivity index is 1.19. The van der Waals surface area contributed by atoms with Crippen LogP contribution < -0.4 is 0 Å². The van der Waals surface area contributed by atoms with E-state index >= 15 is 0 Å². The van der Waals surface area contributed by atoms with Gasteiger partial charge in [0.1, 0.15) is 0 Å². The first-order valence-corrected chi connectivity index (χ1v) is 20.9. The minimum Gasteiger partial charge on any atom is -0.309 e. The molecule has 0 radical (unpaired) electrons. The zero-order valence-electron chi connectivity index (χ0n) is 33.4. The summed E-state index contributed by atoms with van der Waals surface area (Å²) in [5.74, 6) is 0. The van der Waals surface area contributed by atoms with E-state index < -0.39 is 0 Å². The largest absolute Gasteiger partial charge is 0.309 e. The molecular formula is C57H39N3. The Kier molecular flexibility index (Phi) is 6.78. The lowest BCUT2D eigenvalue weighted by Gasteiger charge is -2.21. The van der Waals surface area contributed by atoms with Gasteiger partial charge in [0, 0.05) is 54.7 Å². The molecule has 1 aliphatic rings. The van der Waals surface area contributed by atoms with Gasteiger partial charge in [-0.05, 0) is 107 Å². The highest BCUT2D eigenvalue weighted by Crippen LogP contribution is 2.52. The predicted molar refractivity (Wildman–Crippen MR) is 252 cm³/mol. The highest BCUT2D eigenvalue weighted by Gasteiger charge is 2.36. The summed E-state index contributed by atoms with van der Waals surface area (Å²) >= 11 is 0. The van der Waals surface area contributed by atoms with Crippen molar-refractivity contribution in [3.8, 4) is 39.3 Å². The van der Waals surface area contributed by atoms with E-state index in [2.05, 4.69) is 228 Å². The van der Waals surface area contributed by atoms with Crippen LogP contribution in [0.15, 0.2) is 200 Å². The molecule has 1 aliphatic carbocycles. The van der Waals surface area contributed by atoms with Gasteiger partial charge in [0.2, 0.25) is 0 Å². The molecule has 282 valence electrons. The Morgan fingerprint density at radius 3 is 1.42 bits per heavy atom. The maximum Gasteiger partial charge on any atom is 0.0562 e. The summed E-state index contributed by atoms with van der Waals surface area (Å²) in [5, 5.41) is 7.49. The van der Waals surface area contributed by atoms with Crippen molar-refractivity contribution in [2.75, 3.05) is 0 Å². The molecule has 0 bridgehead atoms. The van der Waals surface area contributed by atoms with Gasteiger partial charge in [-0.3, -0.25) is 0 Å². The van der Waals surface area contributed by atoms with Crippen molar-refractivity contribution >= 4 is 65.4 Å². The van der Waals surface area contributed by atoms with Crippen LogP contribution in [0, 0.1) is 0 Å². The number of aromatic nitrogens is 3. The van der Waals surface area contributed by atoms with Crippen LogP contribution in [0.3, 0.4) is 0 Å². The van der Waals surface area contributed by atoms with E-state index in [-0.39, 0.29) is 5.41 Å². The molecule has 0 aliphatic heterocycles. The summed E-state index contributed by atoms with van der Waals surface area (Å²) in [4.78, 5) is 0. The Labute approximate surface area is 347 Å². The molecule has 0 saturated carbocycles. The molecule has 0 spiro atoms. The number of hydrogen-bond donors (Lipinski definition) is 0. The monoisotopic (exact) mass is 765 g/mol. The molecule has 3 aromatic heterocycles. The zero-order chi connectivity index (χ0) is 39.7. The van der Waals surface area contributed by atoms with Crippen LogP contribution in [0.5, 0.6) is 0 Å². The van der Waals surface area contributed by atoms with Crippen LogP contribution in [0.1, 0.15) is 25.0 Å². The molecule has 60 heavy (non-hydrogen) atoms. The topological polar surface area (TPSA) is 14.8 Å². The maximum atomic E-state index is 2.50. The molecule has 12 aromatic rings. The smallest absolute Gasteiger partial charge is 0.0562 e. The van der Waals surface area contributed by atoms with Crippen LogP contribution in [0.4, 0.5) is 0 Å². The molecule has 0 atom stereocenters. The molecule has 3 heterocycles. The lowest BCUT2D eigenvalue weighted by Crippen LogP contribution is -2.14. The Bertz CT molecular complexity index is 3670. The summed E-state index contributed by atoms with van der Waals surface area (Å²) in [6, 6.07) is 74.2. The van der Waals surface area contributed by atoms with Gasteiger partial charge in [-0.25, -0.2) is 0 Å². The van der Waals surface area contributed by atoms with Crippen molar-refractivity contribution in [1.82, 2.24) is 13.7 Å². The minimum absolute atomic E-state index is 0.119. The first kappa shape index (κ1) is 33.4. The minimum atomic E-state index is -0.119.